The normalized spacial score (nSPS) is 13.5. The van der Waals surface area contributed by atoms with Crippen molar-refractivity contribution >= 4 is 17.8 Å². The average Bonchev–Trinajstić information content (AvgIpc) is 3.42. The summed E-state index contributed by atoms with van der Waals surface area (Å²) in [6.45, 7) is 2.11. The fraction of sp³-hybridized carbons (Fsp3) is 0.381. The minimum absolute atomic E-state index is 0.217. The van der Waals surface area contributed by atoms with Crippen LogP contribution in [0.25, 0.3) is 11.3 Å². The van der Waals surface area contributed by atoms with E-state index in [-0.39, 0.29) is 12.5 Å². The quantitative estimate of drug-likeness (QED) is 0.668. The zero-order chi connectivity index (χ0) is 21.1. The van der Waals surface area contributed by atoms with E-state index in [1.807, 2.05) is 49.3 Å². The standard InChI is InChI=1S/C21H26N8O/c1-27(2)20-23-18(24-21(25-20)29-11-7-8-12-29)14-22-19(30)17-13-16(26-28(17)3)15-9-5-4-6-10-15/h4-6,9-10,13H,7-8,11-12,14H2,1-3H3,(H,22,30). The van der Waals surface area contributed by atoms with Gasteiger partial charge in [0.1, 0.15) is 5.69 Å². The predicted octanol–water partition coefficient (Wildman–Crippen LogP) is 1.87. The lowest BCUT2D eigenvalue weighted by Gasteiger charge is -2.18. The lowest BCUT2D eigenvalue weighted by Crippen LogP contribution is -2.28. The average molecular weight is 406 g/mol. The Morgan fingerprint density at radius 2 is 1.83 bits per heavy atom. The highest BCUT2D eigenvalue weighted by molar-refractivity contribution is 5.93. The molecule has 1 amide bonds. The van der Waals surface area contributed by atoms with Crippen LogP contribution in [0, 0.1) is 0 Å². The van der Waals surface area contributed by atoms with Crippen molar-refractivity contribution in [1.82, 2.24) is 30.0 Å². The molecule has 2 aromatic heterocycles. The lowest BCUT2D eigenvalue weighted by molar-refractivity contribution is 0.0940. The number of anilines is 2. The van der Waals surface area contributed by atoms with Gasteiger partial charge in [0.15, 0.2) is 5.82 Å². The van der Waals surface area contributed by atoms with Gasteiger partial charge < -0.3 is 15.1 Å². The van der Waals surface area contributed by atoms with Crippen LogP contribution in [0.1, 0.15) is 29.2 Å². The molecule has 1 aliphatic rings. The van der Waals surface area contributed by atoms with Crippen molar-refractivity contribution in [1.29, 1.82) is 0 Å². The summed E-state index contributed by atoms with van der Waals surface area (Å²) in [5.74, 6) is 1.57. The molecule has 0 aliphatic carbocycles. The molecule has 1 fully saturated rings. The summed E-state index contributed by atoms with van der Waals surface area (Å²) in [5.41, 5.74) is 2.21. The Morgan fingerprint density at radius 3 is 2.53 bits per heavy atom. The van der Waals surface area contributed by atoms with Crippen LogP contribution in [-0.4, -0.2) is 57.8 Å². The van der Waals surface area contributed by atoms with E-state index < -0.39 is 0 Å². The Labute approximate surface area is 175 Å². The minimum Gasteiger partial charge on any atom is -0.347 e. The topological polar surface area (TPSA) is 92.1 Å². The first-order valence-corrected chi connectivity index (χ1v) is 10.1. The first kappa shape index (κ1) is 19.8. The van der Waals surface area contributed by atoms with E-state index in [2.05, 4.69) is 30.3 Å². The maximum atomic E-state index is 12.8. The number of nitrogens with zero attached hydrogens (tertiary/aromatic N) is 7. The number of rotatable bonds is 6. The number of carbonyl (C=O) groups is 1. The van der Waals surface area contributed by atoms with Gasteiger partial charge in [-0.1, -0.05) is 30.3 Å². The Bertz CT molecular complexity index is 1020. The fourth-order valence-electron chi connectivity index (χ4n) is 3.41. The van der Waals surface area contributed by atoms with Crippen LogP contribution in [0.3, 0.4) is 0 Å². The molecular weight excluding hydrogens is 380 g/mol. The third-order valence-corrected chi connectivity index (χ3v) is 5.04. The maximum Gasteiger partial charge on any atom is 0.269 e. The molecule has 9 heteroatoms. The molecule has 3 heterocycles. The second kappa shape index (κ2) is 8.48. The number of amides is 1. The molecule has 0 unspecified atom stereocenters. The van der Waals surface area contributed by atoms with E-state index in [0.717, 1.165) is 37.2 Å². The van der Waals surface area contributed by atoms with Gasteiger partial charge in [-0.25, -0.2) is 0 Å². The van der Waals surface area contributed by atoms with Crippen LogP contribution in [0.4, 0.5) is 11.9 Å². The van der Waals surface area contributed by atoms with Crippen LogP contribution in [0.5, 0.6) is 0 Å². The number of nitrogens with one attached hydrogen (secondary N) is 1. The molecule has 156 valence electrons. The van der Waals surface area contributed by atoms with Gasteiger partial charge in [-0.3, -0.25) is 9.48 Å². The van der Waals surface area contributed by atoms with Crippen molar-refractivity contribution in [3.63, 3.8) is 0 Å². The first-order valence-electron chi connectivity index (χ1n) is 10.1. The van der Waals surface area contributed by atoms with Crippen molar-refractivity contribution in [2.24, 2.45) is 7.05 Å². The van der Waals surface area contributed by atoms with Crippen LogP contribution >= 0.6 is 0 Å². The smallest absolute Gasteiger partial charge is 0.269 e. The molecule has 0 spiro atoms. The van der Waals surface area contributed by atoms with Crippen molar-refractivity contribution in [2.75, 3.05) is 37.0 Å². The molecule has 9 nitrogen and oxygen atoms in total. The van der Waals surface area contributed by atoms with Gasteiger partial charge in [-0.05, 0) is 18.9 Å². The number of hydrogen-bond donors (Lipinski definition) is 1. The molecule has 1 N–H and O–H groups in total. The fourth-order valence-corrected chi connectivity index (χ4v) is 3.41. The molecule has 0 bridgehead atoms. The van der Waals surface area contributed by atoms with E-state index in [4.69, 9.17) is 0 Å². The molecule has 3 aromatic rings. The zero-order valence-electron chi connectivity index (χ0n) is 17.5. The Balaban J connectivity index is 1.50. The summed E-state index contributed by atoms with van der Waals surface area (Å²) >= 11 is 0. The highest BCUT2D eigenvalue weighted by Gasteiger charge is 2.19. The second-order valence-electron chi connectivity index (χ2n) is 7.53. The van der Waals surface area contributed by atoms with Gasteiger partial charge in [0, 0.05) is 39.8 Å². The van der Waals surface area contributed by atoms with Crippen LogP contribution in [0.2, 0.25) is 0 Å². The third-order valence-electron chi connectivity index (χ3n) is 5.04. The molecule has 1 aromatic carbocycles. The number of hydrogen-bond acceptors (Lipinski definition) is 7. The molecule has 0 atom stereocenters. The number of benzene rings is 1. The van der Waals surface area contributed by atoms with Gasteiger partial charge in [-0.15, -0.1) is 0 Å². The Hall–Kier alpha value is -3.49. The van der Waals surface area contributed by atoms with Gasteiger partial charge >= 0.3 is 0 Å². The molecule has 1 saturated heterocycles. The van der Waals surface area contributed by atoms with E-state index in [9.17, 15) is 4.79 Å². The lowest BCUT2D eigenvalue weighted by atomic mass is 10.1. The molecular formula is C21H26N8O. The van der Waals surface area contributed by atoms with Gasteiger partial charge in [-0.2, -0.15) is 20.1 Å². The molecule has 0 radical (unpaired) electrons. The van der Waals surface area contributed by atoms with Crippen LogP contribution in [-0.2, 0) is 13.6 Å². The first-order chi connectivity index (χ1) is 14.5. The molecule has 1 aliphatic heterocycles. The van der Waals surface area contributed by atoms with Crippen molar-refractivity contribution in [3.05, 3.63) is 47.9 Å². The predicted molar refractivity (Wildman–Crippen MR) is 115 cm³/mol. The van der Waals surface area contributed by atoms with Gasteiger partial charge in [0.2, 0.25) is 11.9 Å². The Kier molecular flexibility index (Phi) is 5.60. The zero-order valence-corrected chi connectivity index (χ0v) is 17.5. The summed E-state index contributed by atoms with van der Waals surface area (Å²) in [6, 6.07) is 11.6. The second-order valence-corrected chi connectivity index (χ2v) is 7.53. The summed E-state index contributed by atoms with van der Waals surface area (Å²) in [6.07, 6.45) is 2.28. The monoisotopic (exact) mass is 406 g/mol. The van der Waals surface area contributed by atoms with E-state index in [1.165, 1.54) is 0 Å². The highest BCUT2D eigenvalue weighted by atomic mass is 16.2. The number of aromatic nitrogens is 5. The van der Waals surface area contributed by atoms with Crippen molar-refractivity contribution in [3.8, 4) is 11.3 Å². The van der Waals surface area contributed by atoms with Gasteiger partial charge in [0.05, 0.1) is 12.2 Å². The maximum absolute atomic E-state index is 12.8. The summed E-state index contributed by atoms with van der Waals surface area (Å²) in [7, 11) is 5.55. The largest absolute Gasteiger partial charge is 0.347 e. The summed E-state index contributed by atoms with van der Waals surface area (Å²) < 4.78 is 1.59. The van der Waals surface area contributed by atoms with E-state index in [1.54, 1.807) is 17.8 Å². The van der Waals surface area contributed by atoms with E-state index >= 15 is 0 Å². The highest BCUT2D eigenvalue weighted by Crippen LogP contribution is 2.19. The SMILES string of the molecule is CN(C)c1nc(CNC(=O)c2cc(-c3ccccc3)nn2C)nc(N2CCCC2)n1. The Morgan fingerprint density at radius 1 is 1.10 bits per heavy atom. The minimum atomic E-state index is -0.221. The van der Waals surface area contributed by atoms with E-state index in [0.29, 0.717) is 23.4 Å². The van der Waals surface area contributed by atoms with Crippen molar-refractivity contribution in [2.45, 2.75) is 19.4 Å². The van der Waals surface area contributed by atoms with Gasteiger partial charge in [0.25, 0.3) is 5.91 Å². The van der Waals surface area contributed by atoms with Crippen LogP contribution < -0.4 is 15.1 Å². The third kappa shape index (κ3) is 4.24. The number of carbonyl (C=O) groups excluding carboxylic acids is 1. The van der Waals surface area contributed by atoms with Crippen molar-refractivity contribution < 1.29 is 4.79 Å². The molecule has 0 saturated carbocycles. The number of aryl methyl sites for hydroxylation is 1. The van der Waals surface area contributed by atoms with Crippen LogP contribution in [0.15, 0.2) is 36.4 Å². The summed E-state index contributed by atoms with van der Waals surface area (Å²) in [5, 5.41) is 7.38. The molecule has 30 heavy (non-hydrogen) atoms. The molecule has 4 rings (SSSR count). The summed E-state index contributed by atoms with van der Waals surface area (Å²) in [4.78, 5) is 30.4.